The second kappa shape index (κ2) is 11.8. The number of benzene rings is 2. The second-order valence-corrected chi connectivity index (χ2v) is 10.3. The van der Waals surface area contributed by atoms with E-state index in [2.05, 4.69) is 27.3 Å². The predicted octanol–water partition coefficient (Wildman–Crippen LogP) is 4.10. The Morgan fingerprint density at radius 2 is 1.74 bits per heavy atom. The third-order valence-corrected chi connectivity index (χ3v) is 7.81. The third-order valence-electron chi connectivity index (χ3n) is 7.81. The Bertz CT molecular complexity index is 1210. The molecule has 3 aromatic rings. The van der Waals surface area contributed by atoms with Gasteiger partial charge in [0.05, 0.1) is 12.5 Å². The van der Waals surface area contributed by atoms with Crippen LogP contribution in [0.2, 0.25) is 0 Å². The van der Waals surface area contributed by atoms with Gasteiger partial charge in [0.1, 0.15) is 5.75 Å². The predicted molar refractivity (Wildman–Crippen MR) is 147 cm³/mol. The van der Waals surface area contributed by atoms with Gasteiger partial charge in [-0.05, 0) is 60.2 Å². The average molecular weight is 513 g/mol. The van der Waals surface area contributed by atoms with Crippen molar-refractivity contribution in [3.05, 3.63) is 95.8 Å². The number of rotatable bonds is 6. The highest BCUT2D eigenvalue weighted by Gasteiger charge is 2.52. The van der Waals surface area contributed by atoms with Gasteiger partial charge in [-0.25, -0.2) is 0 Å². The maximum absolute atomic E-state index is 13.9. The van der Waals surface area contributed by atoms with E-state index >= 15 is 0 Å². The highest BCUT2D eigenvalue weighted by molar-refractivity contribution is 5.91. The molecule has 1 saturated carbocycles. The van der Waals surface area contributed by atoms with Gasteiger partial charge in [-0.15, -0.1) is 0 Å². The van der Waals surface area contributed by atoms with Crippen LogP contribution >= 0.6 is 0 Å². The fourth-order valence-electron chi connectivity index (χ4n) is 5.52. The van der Waals surface area contributed by atoms with Crippen LogP contribution in [0.15, 0.2) is 79.1 Å². The van der Waals surface area contributed by atoms with E-state index in [4.69, 9.17) is 4.74 Å². The average Bonchev–Trinajstić information content (AvgIpc) is 3.77. The van der Waals surface area contributed by atoms with E-state index in [0.29, 0.717) is 32.6 Å². The van der Waals surface area contributed by atoms with Gasteiger partial charge in [0.25, 0.3) is 0 Å². The molecule has 2 fully saturated rings. The summed E-state index contributed by atoms with van der Waals surface area (Å²) in [6.07, 6.45) is 6.52. The minimum atomic E-state index is -0.459. The molecule has 5 rings (SSSR count). The number of hydrogen-bond donors (Lipinski definition) is 1. The molecule has 1 atom stereocenters. The van der Waals surface area contributed by atoms with Gasteiger partial charge in [-0.3, -0.25) is 19.5 Å². The topological polar surface area (TPSA) is 74.8 Å². The van der Waals surface area contributed by atoms with Crippen molar-refractivity contribution in [2.45, 2.75) is 43.7 Å². The van der Waals surface area contributed by atoms with Crippen LogP contribution in [0.25, 0.3) is 0 Å². The Morgan fingerprint density at radius 1 is 1.00 bits per heavy atom. The molecule has 7 heteroatoms. The van der Waals surface area contributed by atoms with E-state index in [-0.39, 0.29) is 17.9 Å². The highest BCUT2D eigenvalue weighted by atomic mass is 16.5. The quantitative estimate of drug-likeness (QED) is 0.538. The first kappa shape index (κ1) is 25.9. The van der Waals surface area contributed by atoms with Crippen molar-refractivity contribution in [3.63, 3.8) is 0 Å². The van der Waals surface area contributed by atoms with Gasteiger partial charge in [-0.1, -0.05) is 42.5 Å². The summed E-state index contributed by atoms with van der Waals surface area (Å²) in [5.74, 6) is 0.956. The molecule has 1 aliphatic heterocycles. The van der Waals surface area contributed by atoms with Crippen molar-refractivity contribution >= 4 is 11.8 Å². The van der Waals surface area contributed by atoms with Crippen molar-refractivity contribution < 1.29 is 14.3 Å². The number of amides is 2. The van der Waals surface area contributed by atoms with Crippen molar-refractivity contribution in [2.75, 3.05) is 33.3 Å². The largest absolute Gasteiger partial charge is 0.497 e. The normalized spacial score (nSPS) is 20.2. The number of hydrogen-bond acceptors (Lipinski definition) is 5. The molecule has 0 spiro atoms. The highest BCUT2D eigenvalue weighted by Crippen LogP contribution is 2.50. The third kappa shape index (κ3) is 5.89. The maximum atomic E-state index is 13.9. The summed E-state index contributed by atoms with van der Waals surface area (Å²) in [7, 11) is 1.65. The van der Waals surface area contributed by atoms with Gasteiger partial charge in [0.2, 0.25) is 11.8 Å². The summed E-state index contributed by atoms with van der Waals surface area (Å²) in [6.45, 7) is 3.10. The number of nitrogens with zero attached hydrogens (tertiary/aromatic N) is 3. The first-order valence-electron chi connectivity index (χ1n) is 13.5. The van der Waals surface area contributed by atoms with E-state index in [1.165, 1.54) is 0 Å². The van der Waals surface area contributed by atoms with Gasteiger partial charge in [-0.2, -0.15) is 0 Å². The lowest BCUT2D eigenvalue weighted by molar-refractivity contribution is -0.134. The molecule has 2 aromatic carbocycles. The fraction of sp³-hybridized carbons (Fsp3) is 0.387. The van der Waals surface area contributed by atoms with E-state index < -0.39 is 5.41 Å². The molecule has 198 valence electrons. The van der Waals surface area contributed by atoms with Crippen molar-refractivity contribution in [1.82, 2.24) is 20.1 Å². The number of pyridine rings is 1. The van der Waals surface area contributed by atoms with Crippen molar-refractivity contribution in [1.29, 1.82) is 0 Å². The van der Waals surface area contributed by atoms with E-state index in [9.17, 15) is 9.59 Å². The molecule has 2 amide bonds. The van der Waals surface area contributed by atoms with Gasteiger partial charge < -0.3 is 15.0 Å². The van der Waals surface area contributed by atoms with Crippen LogP contribution in [-0.4, -0.2) is 59.9 Å². The standard InChI is InChI=1S/C31H36N4O3/c1-38-27-10-8-26(9-11-27)31(14-15-31)30(37)34-19-5-20-35(23-24-12-16-32-17-13-24)28(22-29(36)33-18-21-34)25-6-3-2-4-7-25/h2-4,6-13,16-17,28H,5,14-15,18-23H2,1H3,(H,33,36). The van der Waals surface area contributed by atoms with Gasteiger partial charge in [0, 0.05) is 57.6 Å². The lowest BCUT2D eigenvalue weighted by Gasteiger charge is -2.32. The van der Waals surface area contributed by atoms with E-state index in [1.807, 2.05) is 59.5 Å². The molecule has 7 nitrogen and oxygen atoms in total. The molecule has 2 aliphatic rings. The number of methoxy groups -OCH3 is 1. The molecule has 2 heterocycles. The summed E-state index contributed by atoms with van der Waals surface area (Å²) in [4.78, 5) is 35.5. The molecule has 0 bridgehead atoms. The lowest BCUT2D eigenvalue weighted by atomic mass is 9.94. The summed E-state index contributed by atoms with van der Waals surface area (Å²) < 4.78 is 5.31. The molecule has 1 saturated heterocycles. The van der Waals surface area contributed by atoms with Gasteiger partial charge >= 0.3 is 0 Å². The summed E-state index contributed by atoms with van der Waals surface area (Å²) in [6, 6.07) is 22.1. The zero-order valence-electron chi connectivity index (χ0n) is 22.0. The van der Waals surface area contributed by atoms with Crippen LogP contribution in [0, 0.1) is 0 Å². The SMILES string of the molecule is COc1ccc(C2(C(=O)N3CCCN(Cc4ccncc4)C(c4ccccc4)CC(=O)NCC3)CC2)cc1. The second-order valence-electron chi connectivity index (χ2n) is 10.3. The molecule has 1 N–H and O–H groups in total. The number of carbonyl (C=O) groups is 2. The summed E-state index contributed by atoms with van der Waals surface area (Å²) >= 11 is 0. The number of carbonyl (C=O) groups excluding carboxylic acids is 2. The van der Waals surface area contributed by atoms with Crippen LogP contribution < -0.4 is 10.1 Å². The molecule has 1 aromatic heterocycles. The zero-order valence-corrected chi connectivity index (χ0v) is 22.0. The first-order chi connectivity index (χ1) is 18.6. The maximum Gasteiger partial charge on any atom is 0.233 e. The first-order valence-corrected chi connectivity index (χ1v) is 13.5. The number of ether oxygens (including phenoxy) is 1. The molecule has 0 radical (unpaired) electrons. The zero-order chi connectivity index (χ0) is 26.4. The Kier molecular flexibility index (Phi) is 8.03. The fourth-order valence-corrected chi connectivity index (χ4v) is 5.52. The Morgan fingerprint density at radius 3 is 2.42 bits per heavy atom. The Labute approximate surface area is 224 Å². The van der Waals surface area contributed by atoms with Crippen molar-refractivity contribution in [2.24, 2.45) is 0 Å². The summed E-state index contributed by atoms with van der Waals surface area (Å²) in [5, 5.41) is 3.09. The smallest absolute Gasteiger partial charge is 0.233 e. The van der Waals surface area contributed by atoms with Gasteiger partial charge in [0.15, 0.2) is 0 Å². The Balaban J connectivity index is 1.36. The molecule has 1 aliphatic carbocycles. The van der Waals surface area contributed by atoms with Crippen LogP contribution in [0.1, 0.15) is 48.4 Å². The molecular formula is C31H36N4O3. The minimum absolute atomic E-state index is 0.00386. The number of aromatic nitrogens is 1. The van der Waals surface area contributed by atoms with E-state index in [0.717, 1.165) is 48.2 Å². The van der Waals surface area contributed by atoms with Crippen LogP contribution in [-0.2, 0) is 21.5 Å². The number of nitrogens with one attached hydrogen (secondary N) is 1. The minimum Gasteiger partial charge on any atom is -0.497 e. The van der Waals surface area contributed by atoms with Crippen LogP contribution in [0.3, 0.4) is 0 Å². The van der Waals surface area contributed by atoms with Crippen LogP contribution in [0.4, 0.5) is 0 Å². The monoisotopic (exact) mass is 512 g/mol. The summed E-state index contributed by atoms with van der Waals surface area (Å²) in [5.41, 5.74) is 2.87. The lowest BCUT2D eigenvalue weighted by Crippen LogP contribution is -2.44. The van der Waals surface area contributed by atoms with E-state index in [1.54, 1.807) is 19.5 Å². The van der Waals surface area contributed by atoms with Crippen molar-refractivity contribution in [3.8, 4) is 5.75 Å². The van der Waals surface area contributed by atoms with Crippen LogP contribution in [0.5, 0.6) is 5.75 Å². The molecule has 38 heavy (non-hydrogen) atoms. The molecular weight excluding hydrogens is 476 g/mol. The Hall–Kier alpha value is -3.71. The molecule has 1 unspecified atom stereocenters.